The summed E-state index contributed by atoms with van der Waals surface area (Å²) in [7, 11) is 0. The first kappa shape index (κ1) is 24.9. The van der Waals surface area contributed by atoms with Crippen LogP contribution in [-0.2, 0) is 13.2 Å². The molecule has 1 aliphatic rings. The van der Waals surface area contributed by atoms with E-state index in [4.69, 9.17) is 9.97 Å². The molecule has 0 aliphatic carbocycles. The molecule has 1 fully saturated rings. The van der Waals surface area contributed by atoms with Crippen molar-refractivity contribution in [1.82, 2.24) is 9.97 Å². The van der Waals surface area contributed by atoms with Crippen LogP contribution >= 0.6 is 23.5 Å². The lowest BCUT2D eigenvalue weighted by Crippen LogP contribution is -2.45. The van der Waals surface area contributed by atoms with Crippen LogP contribution < -0.4 is 10.6 Å². The minimum atomic E-state index is -0.358. The third kappa shape index (κ3) is 5.62. The van der Waals surface area contributed by atoms with E-state index in [0.29, 0.717) is 12.5 Å². The Morgan fingerprint density at radius 3 is 2.25 bits per heavy atom. The Labute approximate surface area is 220 Å². The third-order valence-corrected chi connectivity index (χ3v) is 8.73. The van der Waals surface area contributed by atoms with E-state index >= 15 is 0 Å². The number of benzene rings is 3. The lowest BCUT2D eigenvalue weighted by Gasteiger charge is -2.37. The fourth-order valence-electron chi connectivity index (χ4n) is 4.36. The van der Waals surface area contributed by atoms with Gasteiger partial charge in [0, 0.05) is 21.7 Å². The van der Waals surface area contributed by atoms with Crippen LogP contribution in [0.3, 0.4) is 0 Å². The Balaban J connectivity index is 1.40. The van der Waals surface area contributed by atoms with Crippen LogP contribution in [0.25, 0.3) is 10.9 Å². The maximum Gasteiger partial charge on any atom is 0.225 e. The predicted molar refractivity (Wildman–Crippen MR) is 150 cm³/mol. The number of aliphatic hydroxyl groups is 2. The van der Waals surface area contributed by atoms with Crippen molar-refractivity contribution in [3.05, 3.63) is 83.9 Å². The maximum atomic E-state index is 10.2. The normalized spacial score (nSPS) is 15.1. The largest absolute Gasteiger partial charge is 0.394 e. The Hall–Kier alpha value is -2.78. The SMILES string of the molecule is OCc1ccccc1Sc1ccccc1CNc1nc(NC2(CO)CCSCC2)c2ccccc2n1. The lowest BCUT2D eigenvalue weighted by molar-refractivity contribution is 0.202. The lowest BCUT2D eigenvalue weighted by atomic mass is 9.93. The summed E-state index contributed by atoms with van der Waals surface area (Å²) in [6, 6.07) is 24.1. The van der Waals surface area contributed by atoms with Gasteiger partial charge in [0.1, 0.15) is 5.82 Å². The van der Waals surface area contributed by atoms with Crippen molar-refractivity contribution in [2.75, 3.05) is 28.7 Å². The molecule has 1 saturated heterocycles. The second-order valence-corrected chi connectivity index (χ2v) is 11.2. The van der Waals surface area contributed by atoms with E-state index in [0.717, 1.165) is 62.0 Å². The van der Waals surface area contributed by atoms with Gasteiger partial charge in [0.15, 0.2) is 0 Å². The van der Waals surface area contributed by atoms with Gasteiger partial charge in [-0.1, -0.05) is 60.3 Å². The van der Waals surface area contributed by atoms with Gasteiger partial charge in [-0.2, -0.15) is 16.7 Å². The molecule has 0 spiro atoms. The first-order valence-electron chi connectivity index (χ1n) is 12.1. The van der Waals surface area contributed by atoms with Crippen molar-refractivity contribution in [2.45, 2.75) is 41.3 Å². The summed E-state index contributed by atoms with van der Waals surface area (Å²) in [4.78, 5) is 11.8. The number of nitrogens with one attached hydrogen (secondary N) is 2. The van der Waals surface area contributed by atoms with E-state index in [9.17, 15) is 10.2 Å². The van der Waals surface area contributed by atoms with E-state index < -0.39 is 0 Å². The van der Waals surface area contributed by atoms with Gasteiger partial charge < -0.3 is 20.8 Å². The van der Waals surface area contributed by atoms with Crippen molar-refractivity contribution in [3.8, 4) is 0 Å². The Kier molecular flexibility index (Phi) is 7.96. The van der Waals surface area contributed by atoms with Crippen molar-refractivity contribution in [1.29, 1.82) is 0 Å². The van der Waals surface area contributed by atoms with Crippen molar-refractivity contribution >= 4 is 46.2 Å². The first-order chi connectivity index (χ1) is 17.7. The molecule has 186 valence electrons. The highest BCUT2D eigenvalue weighted by atomic mass is 32.2. The average Bonchev–Trinajstić information content (AvgIpc) is 2.93. The molecule has 1 aliphatic heterocycles. The van der Waals surface area contributed by atoms with Gasteiger partial charge >= 0.3 is 0 Å². The number of fused-ring (bicyclic) bond motifs is 1. The smallest absolute Gasteiger partial charge is 0.225 e. The highest BCUT2D eigenvalue weighted by molar-refractivity contribution is 7.99. The molecule has 6 nitrogen and oxygen atoms in total. The van der Waals surface area contributed by atoms with Crippen LogP contribution in [0.15, 0.2) is 82.6 Å². The number of aromatic nitrogens is 2. The van der Waals surface area contributed by atoms with Gasteiger partial charge in [-0.05, 0) is 59.7 Å². The monoisotopic (exact) mass is 518 g/mol. The molecule has 8 heteroatoms. The van der Waals surface area contributed by atoms with Crippen molar-refractivity contribution < 1.29 is 10.2 Å². The third-order valence-electron chi connectivity index (χ3n) is 6.51. The molecule has 3 aromatic carbocycles. The highest BCUT2D eigenvalue weighted by Gasteiger charge is 2.32. The number of nitrogens with zero attached hydrogens (tertiary/aromatic N) is 2. The molecule has 0 bridgehead atoms. The molecular weight excluding hydrogens is 488 g/mol. The van der Waals surface area contributed by atoms with E-state index in [1.165, 1.54) is 0 Å². The van der Waals surface area contributed by atoms with Gasteiger partial charge in [-0.3, -0.25) is 0 Å². The molecule has 0 amide bonds. The number of rotatable bonds is 9. The Morgan fingerprint density at radius 1 is 0.833 bits per heavy atom. The summed E-state index contributed by atoms with van der Waals surface area (Å²) in [5.41, 5.74) is 2.54. The quantitative estimate of drug-likeness (QED) is 0.229. The van der Waals surface area contributed by atoms with Crippen LogP contribution in [0.4, 0.5) is 11.8 Å². The maximum absolute atomic E-state index is 10.2. The zero-order chi connectivity index (χ0) is 24.8. The zero-order valence-electron chi connectivity index (χ0n) is 20.0. The van der Waals surface area contributed by atoms with Crippen LogP contribution in [0.2, 0.25) is 0 Å². The molecule has 0 atom stereocenters. The van der Waals surface area contributed by atoms with E-state index in [1.807, 2.05) is 72.4 Å². The van der Waals surface area contributed by atoms with Gasteiger partial charge in [0.25, 0.3) is 0 Å². The van der Waals surface area contributed by atoms with Gasteiger partial charge in [0.05, 0.1) is 24.3 Å². The van der Waals surface area contributed by atoms with Gasteiger partial charge in [-0.25, -0.2) is 4.98 Å². The summed E-state index contributed by atoms with van der Waals surface area (Å²) in [5.74, 6) is 3.35. The number of hydrogen-bond acceptors (Lipinski definition) is 8. The fraction of sp³-hybridized carbons (Fsp3) is 0.286. The number of aliphatic hydroxyl groups excluding tert-OH is 2. The van der Waals surface area contributed by atoms with E-state index in [2.05, 4.69) is 22.8 Å². The minimum Gasteiger partial charge on any atom is -0.394 e. The topological polar surface area (TPSA) is 90.3 Å². The first-order valence-corrected chi connectivity index (χ1v) is 14.1. The molecule has 36 heavy (non-hydrogen) atoms. The molecule has 0 radical (unpaired) electrons. The van der Waals surface area contributed by atoms with E-state index in [1.54, 1.807) is 11.8 Å². The summed E-state index contributed by atoms with van der Waals surface area (Å²) in [6.45, 7) is 0.650. The number of thioether (sulfide) groups is 1. The standard InChI is InChI=1S/C28H30N4O2S2/c33-18-21-8-2-6-12-25(21)36-24-11-5-1-7-20(24)17-29-27-30-23-10-4-3-9-22(23)26(31-27)32-28(19-34)13-15-35-16-14-28/h1-12,33-34H,13-19H2,(H2,29,30,31,32). The Morgan fingerprint density at radius 2 is 1.50 bits per heavy atom. The summed E-state index contributed by atoms with van der Waals surface area (Å²) in [5, 5.41) is 27.9. The second kappa shape index (κ2) is 11.5. The zero-order valence-corrected chi connectivity index (χ0v) is 21.6. The van der Waals surface area contributed by atoms with Crippen LogP contribution in [0, 0.1) is 0 Å². The number of hydrogen-bond donors (Lipinski definition) is 4. The number of para-hydroxylation sites is 1. The van der Waals surface area contributed by atoms with Crippen molar-refractivity contribution in [3.63, 3.8) is 0 Å². The second-order valence-electron chi connectivity index (χ2n) is 8.92. The summed E-state index contributed by atoms with van der Waals surface area (Å²) >= 11 is 3.58. The summed E-state index contributed by atoms with van der Waals surface area (Å²) < 4.78 is 0. The van der Waals surface area contributed by atoms with Crippen molar-refractivity contribution in [2.24, 2.45) is 0 Å². The predicted octanol–water partition coefficient (Wildman–Crippen LogP) is 5.56. The molecule has 2 heterocycles. The Bertz CT molecular complexity index is 1330. The minimum absolute atomic E-state index is 0.0122. The summed E-state index contributed by atoms with van der Waals surface area (Å²) in [6.07, 6.45) is 1.80. The van der Waals surface area contributed by atoms with Gasteiger partial charge in [-0.15, -0.1) is 0 Å². The van der Waals surface area contributed by atoms with Crippen LogP contribution in [0.1, 0.15) is 24.0 Å². The molecule has 0 saturated carbocycles. The van der Waals surface area contributed by atoms with Crippen LogP contribution in [-0.4, -0.2) is 43.8 Å². The molecule has 1 aromatic heterocycles. The highest BCUT2D eigenvalue weighted by Crippen LogP contribution is 2.34. The number of anilines is 2. The molecule has 4 N–H and O–H groups in total. The molecule has 5 rings (SSSR count). The van der Waals surface area contributed by atoms with E-state index in [-0.39, 0.29) is 18.8 Å². The van der Waals surface area contributed by atoms with Gasteiger partial charge in [0.2, 0.25) is 5.95 Å². The van der Waals surface area contributed by atoms with Crippen LogP contribution in [0.5, 0.6) is 0 Å². The molecule has 4 aromatic rings. The molecule has 0 unspecified atom stereocenters. The average molecular weight is 519 g/mol. The fourth-order valence-corrected chi connectivity index (χ4v) is 6.70. The molecular formula is C28H30N4O2S2.